The minimum atomic E-state index is -4.60. The van der Waals surface area contributed by atoms with Gasteiger partial charge in [0.1, 0.15) is 12.1 Å². The Hall–Kier alpha value is -1.03. The van der Waals surface area contributed by atoms with Crippen LogP contribution in [-0.4, -0.2) is 60.5 Å². The number of nitrogens with two attached hydrogens (primary N) is 1. The van der Waals surface area contributed by atoms with Crippen LogP contribution < -0.4 is 5.73 Å². The second kappa shape index (κ2) is 37.3. The molecule has 0 saturated heterocycles. The van der Waals surface area contributed by atoms with E-state index in [0.29, 0.717) is 6.61 Å². The van der Waals surface area contributed by atoms with Crippen molar-refractivity contribution in [2.75, 3.05) is 26.4 Å². The molecule has 0 amide bonds. The van der Waals surface area contributed by atoms with Gasteiger partial charge in [0.05, 0.1) is 19.8 Å². The summed E-state index contributed by atoms with van der Waals surface area (Å²) in [6.07, 6.45) is 35.8. The number of carboxylic acid groups (broad SMARTS) is 1. The number of carboxylic acids is 1. The SMILES string of the molecule is CCCCCCCCCCCCCCCCCCOC[C@H](COP(=O)(O)OC[C@H](N)C(=O)O)OC(=O)CCCCCCCCCCCCCCC. The van der Waals surface area contributed by atoms with E-state index >= 15 is 0 Å². The van der Waals surface area contributed by atoms with E-state index in [9.17, 15) is 19.0 Å². The average molecular weight is 750 g/mol. The lowest BCUT2D eigenvalue weighted by Gasteiger charge is -2.20. The van der Waals surface area contributed by atoms with Gasteiger partial charge in [0, 0.05) is 13.0 Å². The smallest absolute Gasteiger partial charge is 0.472 e. The van der Waals surface area contributed by atoms with Crippen LogP contribution in [0.2, 0.25) is 0 Å². The maximum absolute atomic E-state index is 12.6. The van der Waals surface area contributed by atoms with Gasteiger partial charge in [0.2, 0.25) is 0 Å². The number of esters is 1. The van der Waals surface area contributed by atoms with Gasteiger partial charge in [0.25, 0.3) is 0 Å². The van der Waals surface area contributed by atoms with E-state index in [4.69, 9.17) is 29.4 Å². The van der Waals surface area contributed by atoms with E-state index in [1.165, 1.54) is 148 Å². The number of phosphoric ester groups is 1. The molecular weight excluding hydrogens is 669 g/mol. The number of aliphatic carboxylic acids is 1. The van der Waals surface area contributed by atoms with Gasteiger partial charge < -0.3 is 25.2 Å². The van der Waals surface area contributed by atoms with Gasteiger partial charge in [-0.1, -0.05) is 187 Å². The van der Waals surface area contributed by atoms with Crippen molar-refractivity contribution in [3.8, 4) is 0 Å². The summed E-state index contributed by atoms with van der Waals surface area (Å²) in [7, 11) is -4.60. The number of rotatable bonds is 41. The molecule has 10 nitrogen and oxygen atoms in total. The standard InChI is InChI=1S/C40H80NO9P/c1-3-5-7-9-11-13-15-17-18-19-21-23-25-27-29-31-33-47-34-37(35-48-51(45,46)49-36-38(41)40(43)44)50-39(42)32-30-28-26-24-22-20-16-14-12-10-8-6-4-2/h37-38H,3-36,41H2,1-2H3,(H,43,44)(H,45,46)/t37-,38+/m1/s1. The minimum Gasteiger partial charge on any atom is -0.480 e. The first-order valence-corrected chi connectivity index (χ1v) is 22.6. The fraction of sp³-hybridized carbons (Fsp3) is 0.950. The molecule has 0 aliphatic rings. The molecule has 0 heterocycles. The minimum absolute atomic E-state index is 0.0255. The fourth-order valence-electron chi connectivity index (χ4n) is 6.08. The first kappa shape index (κ1) is 50.0. The van der Waals surface area contributed by atoms with E-state index in [1.807, 2.05) is 0 Å². The van der Waals surface area contributed by atoms with Crippen LogP contribution in [0.1, 0.15) is 206 Å². The Bertz CT molecular complexity index is 832. The van der Waals surface area contributed by atoms with Crippen molar-refractivity contribution < 1.29 is 42.7 Å². The van der Waals surface area contributed by atoms with Gasteiger partial charge >= 0.3 is 19.8 Å². The van der Waals surface area contributed by atoms with Crippen molar-refractivity contribution in [2.24, 2.45) is 5.73 Å². The maximum atomic E-state index is 12.6. The van der Waals surface area contributed by atoms with Crippen LogP contribution in [0.4, 0.5) is 0 Å². The zero-order valence-corrected chi connectivity index (χ0v) is 33.9. The highest BCUT2D eigenvalue weighted by Gasteiger charge is 2.27. The zero-order valence-electron chi connectivity index (χ0n) is 33.0. The maximum Gasteiger partial charge on any atom is 0.472 e. The molecule has 3 atom stereocenters. The number of phosphoric acid groups is 1. The van der Waals surface area contributed by atoms with Crippen molar-refractivity contribution in [1.82, 2.24) is 0 Å². The number of unbranched alkanes of at least 4 members (excludes halogenated alkanes) is 27. The van der Waals surface area contributed by atoms with E-state index < -0.39 is 45.1 Å². The second-order valence-electron chi connectivity index (χ2n) is 14.5. The van der Waals surface area contributed by atoms with E-state index in [1.54, 1.807) is 0 Å². The topological polar surface area (TPSA) is 155 Å². The molecule has 0 fully saturated rings. The number of carbonyl (C=O) groups excluding carboxylic acids is 1. The van der Waals surface area contributed by atoms with Crippen LogP contribution in [0.15, 0.2) is 0 Å². The molecule has 51 heavy (non-hydrogen) atoms. The van der Waals surface area contributed by atoms with Crippen molar-refractivity contribution in [3.05, 3.63) is 0 Å². The third-order valence-electron chi connectivity index (χ3n) is 9.39. The summed E-state index contributed by atoms with van der Waals surface area (Å²) in [5.74, 6) is -1.77. The van der Waals surface area contributed by atoms with Gasteiger partial charge in [-0.3, -0.25) is 18.6 Å². The Kier molecular flexibility index (Phi) is 36.5. The molecule has 0 bridgehead atoms. The lowest BCUT2D eigenvalue weighted by Crippen LogP contribution is -2.34. The normalized spacial score (nSPS) is 14.0. The second-order valence-corrected chi connectivity index (χ2v) is 15.9. The zero-order chi connectivity index (χ0) is 37.7. The summed E-state index contributed by atoms with van der Waals surface area (Å²) >= 11 is 0. The predicted octanol–water partition coefficient (Wildman–Crippen LogP) is 11.2. The summed E-state index contributed by atoms with van der Waals surface area (Å²) in [5, 5.41) is 8.88. The van der Waals surface area contributed by atoms with Crippen LogP contribution in [0.3, 0.4) is 0 Å². The van der Waals surface area contributed by atoms with Crippen molar-refractivity contribution in [2.45, 2.75) is 219 Å². The Balaban J connectivity index is 4.20. The molecule has 0 spiro atoms. The Morgan fingerprint density at radius 1 is 0.549 bits per heavy atom. The van der Waals surface area contributed by atoms with Crippen LogP contribution in [0.25, 0.3) is 0 Å². The van der Waals surface area contributed by atoms with E-state index in [0.717, 1.165) is 38.5 Å². The Labute approximate surface area is 312 Å². The van der Waals surface area contributed by atoms with Crippen LogP contribution in [0.5, 0.6) is 0 Å². The third-order valence-corrected chi connectivity index (χ3v) is 10.3. The fourth-order valence-corrected chi connectivity index (χ4v) is 6.85. The van der Waals surface area contributed by atoms with Crippen molar-refractivity contribution in [1.29, 1.82) is 0 Å². The molecule has 11 heteroatoms. The van der Waals surface area contributed by atoms with Gasteiger partial charge in [-0.2, -0.15) is 0 Å². The van der Waals surface area contributed by atoms with Gasteiger partial charge in [-0.15, -0.1) is 0 Å². The van der Waals surface area contributed by atoms with Crippen LogP contribution >= 0.6 is 7.82 Å². The Morgan fingerprint density at radius 3 is 1.29 bits per heavy atom. The molecule has 0 aromatic rings. The number of carbonyl (C=O) groups is 2. The highest BCUT2D eigenvalue weighted by molar-refractivity contribution is 7.47. The summed E-state index contributed by atoms with van der Waals surface area (Å²) in [4.78, 5) is 33.4. The number of hydrogen-bond donors (Lipinski definition) is 3. The van der Waals surface area contributed by atoms with Gasteiger partial charge in [-0.05, 0) is 12.8 Å². The highest BCUT2D eigenvalue weighted by Crippen LogP contribution is 2.43. The average Bonchev–Trinajstić information content (AvgIpc) is 3.10. The summed E-state index contributed by atoms with van der Waals surface area (Å²) < 4.78 is 33.3. The van der Waals surface area contributed by atoms with Crippen LogP contribution in [0, 0.1) is 0 Å². The van der Waals surface area contributed by atoms with Gasteiger partial charge in [-0.25, -0.2) is 4.57 Å². The molecule has 0 aliphatic carbocycles. The molecule has 0 rings (SSSR count). The van der Waals surface area contributed by atoms with E-state index in [-0.39, 0.29) is 13.0 Å². The highest BCUT2D eigenvalue weighted by atomic mass is 31.2. The van der Waals surface area contributed by atoms with Crippen molar-refractivity contribution in [3.63, 3.8) is 0 Å². The predicted molar refractivity (Wildman–Crippen MR) is 208 cm³/mol. The van der Waals surface area contributed by atoms with E-state index in [2.05, 4.69) is 13.8 Å². The Morgan fingerprint density at radius 2 is 0.902 bits per heavy atom. The first-order valence-electron chi connectivity index (χ1n) is 21.1. The first-order chi connectivity index (χ1) is 24.7. The molecule has 4 N–H and O–H groups in total. The molecule has 0 aromatic carbocycles. The molecule has 0 aliphatic heterocycles. The molecule has 0 aromatic heterocycles. The number of ether oxygens (including phenoxy) is 2. The largest absolute Gasteiger partial charge is 0.480 e. The monoisotopic (exact) mass is 750 g/mol. The quantitative estimate of drug-likeness (QED) is 0.0312. The molecule has 0 radical (unpaired) electrons. The summed E-state index contributed by atoms with van der Waals surface area (Å²) in [6, 6.07) is -1.47. The molecule has 0 saturated carbocycles. The number of hydrogen-bond acceptors (Lipinski definition) is 8. The summed E-state index contributed by atoms with van der Waals surface area (Å²) in [6.45, 7) is 3.92. The van der Waals surface area contributed by atoms with Crippen LogP contribution in [-0.2, 0) is 32.7 Å². The third kappa shape index (κ3) is 37.1. The van der Waals surface area contributed by atoms with Crippen molar-refractivity contribution >= 4 is 19.8 Å². The molecule has 304 valence electrons. The lowest BCUT2D eigenvalue weighted by molar-refractivity contribution is -0.154. The lowest BCUT2D eigenvalue weighted by atomic mass is 10.0. The van der Waals surface area contributed by atoms with Gasteiger partial charge in [0.15, 0.2) is 0 Å². The molecular formula is C40H80NO9P. The summed E-state index contributed by atoms with van der Waals surface area (Å²) in [5.41, 5.74) is 5.35. The molecule has 1 unspecified atom stereocenters.